The van der Waals surface area contributed by atoms with Crippen LogP contribution in [0.25, 0.3) is 0 Å². The van der Waals surface area contributed by atoms with Gasteiger partial charge in [-0.2, -0.15) is 28.1 Å². The topological polar surface area (TPSA) is 92.0 Å². The van der Waals surface area contributed by atoms with Gasteiger partial charge in [0.1, 0.15) is 0 Å². The molecule has 0 bridgehead atoms. The van der Waals surface area contributed by atoms with Crippen LogP contribution in [0.5, 0.6) is 0 Å². The van der Waals surface area contributed by atoms with Gasteiger partial charge in [0.15, 0.2) is 0 Å². The first kappa shape index (κ1) is 17.2. The van der Waals surface area contributed by atoms with Crippen LogP contribution in [0, 0.1) is 0 Å². The summed E-state index contributed by atoms with van der Waals surface area (Å²) in [6.45, 7) is 5.39. The maximum Gasteiger partial charge on any atom is 0.389 e. The second kappa shape index (κ2) is 7.81. The fraction of sp³-hybridized carbons (Fsp3) is 0.727. The van der Waals surface area contributed by atoms with Gasteiger partial charge >= 0.3 is 6.18 Å². The molecule has 0 radical (unpaired) electrons. The third-order valence-corrected chi connectivity index (χ3v) is 2.72. The molecule has 7 nitrogen and oxygen atoms in total. The van der Waals surface area contributed by atoms with Crippen LogP contribution in [0.1, 0.15) is 26.7 Å². The fourth-order valence-corrected chi connectivity index (χ4v) is 1.65. The number of aromatic nitrogens is 3. The predicted molar refractivity (Wildman–Crippen MR) is 75.0 cm³/mol. The van der Waals surface area contributed by atoms with Gasteiger partial charge in [0.25, 0.3) is 0 Å². The van der Waals surface area contributed by atoms with E-state index in [9.17, 15) is 13.2 Å². The lowest BCUT2D eigenvalue weighted by atomic mass is 10.3. The normalized spacial score (nSPS) is 11.3. The number of hydrazine groups is 1. The lowest BCUT2D eigenvalue weighted by molar-refractivity contribution is -0.134. The van der Waals surface area contributed by atoms with Crippen LogP contribution < -0.4 is 21.5 Å². The van der Waals surface area contributed by atoms with Gasteiger partial charge in [-0.05, 0) is 20.3 Å². The van der Waals surface area contributed by atoms with Gasteiger partial charge in [-0.15, -0.1) is 0 Å². The molecule has 0 aromatic carbocycles. The van der Waals surface area contributed by atoms with E-state index < -0.39 is 12.6 Å². The summed E-state index contributed by atoms with van der Waals surface area (Å²) in [4.78, 5) is 14.1. The largest absolute Gasteiger partial charge is 0.389 e. The first-order chi connectivity index (χ1) is 9.89. The molecule has 10 heteroatoms. The van der Waals surface area contributed by atoms with E-state index in [1.54, 1.807) is 0 Å². The van der Waals surface area contributed by atoms with Crippen molar-refractivity contribution in [1.82, 2.24) is 15.0 Å². The zero-order chi connectivity index (χ0) is 15.9. The lowest BCUT2D eigenvalue weighted by Gasteiger charge is -2.19. The number of halogens is 3. The molecule has 1 rings (SSSR count). The van der Waals surface area contributed by atoms with Crippen molar-refractivity contribution in [2.45, 2.75) is 32.9 Å². The molecular formula is C11H20F3N7. The Balaban J connectivity index is 2.70. The van der Waals surface area contributed by atoms with E-state index in [-0.39, 0.29) is 24.9 Å². The maximum absolute atomic E-state index is 12.1. The molecule has 0 fully saturated rings. The smallest absolute Gasteiger partial charge is 0.354 e. The summed E-state index contributed by atoms with van der Waals surface area (Å²) in [5.41, 5.74) is 2.32. The Kier molecular flexibility index (Phi) is 6.40. The zero-order valence-electron chi connectivity index (χ0n) is 12.0. The minimum absolute atomic E-state index is 0.0544. The first-order valence-electron chi connectivity index (χ1n) is 6.67. The predicted octanol–water partition coefficient (Wildman–Crippen LogP) is 1.76. The van der Waals surface area contributed by atoms with Crippen molar-refractivity contribution in [3.8, 4) is 0 Å². The molecule has 0 aliphatic heterocycles. The number of nitrogens with one attached hydrogen (secondary N) is 2. The Morgan fingerprint density at radius 1 is 1.10 bits per heavy atom. The quantitative estimate of drug-likeness (QED) is 0.383. The third-order valence-electron chi connectivity index (χ3n) is 2.72. The number of nitrogen functional groups attached to an aromatic ring is 1. The van der Waals surface area contributed by atoms with Gasteiger partial charge in [-0.25, -0.2) is 5.84 Å². The van der Waals surface area contributed by atoms with Crippen molar-refractivity contribution in [2.24, 2.45) is 5.84 Å². The average molecular weight is 307 g/mol. The number of alkyl halides is 3. The molecule has 21 heavy (non-hydrogen) atoms. The monoisotopic (exact) mass is 307 g/mol. The van der Waals surface area contributed by atoms with Crippen LogP contribution in [-0.2, 0) is 0 Å². The summed E-state index contributed by atoms with van der Waals surface area (Å²) >= 11 is 0. The molecule has 0 spiro atoms. The molecule has 0 aliphatic carbocycles. The third kappa shape index (κ3) is 5.98. The van der Waals surface area contributed by atoms with Crippen molar-refractivity contribution in [3.63, 3.8) is 0 Å². The molecule has 0 saturated heterocycles. The Labute approximate surface area is 121 Å². The number of nitrogens with two attached hydrogens (primary N) is 1. The minimum Gasteiger partial charge on any atom is -0.354 e. The second-order valence-electron chi connectivity index (χ2n) is 4.24. The van der Waals surface area contributed by atoms with Crippen molar-refractivity contribution in [3.05, 3.63) is 0 Å². The van der Waals surface area contributed by atoms with Crippen molar-refractivity contribution in [2.75, 3.05) is 35.3 Å². The summed E-state index contributed by atoms with van der Waals surface area (Å²) in [6.07, 6.45) is -5.06. The second-order valence-corrected chi connectivity index (χ2v) is 4.24. The van der Waals surface area contributed by atoms with E-state index in [4.69, 9.17) is 5.84 Å². The van der Waals surface area contributed by atoms with Crippen LogP contribution >= 0.6 is 0 Å². The van der Waals surface area contributed by atoms with Crippen molar-refractivity contribution < 1.29 is 13.2 Å². The van der Waals surface area contributed by atoms with E-state index in [0.29, 0.717) is 19.0 Å². The van der Waals surface area contributed by atoms with Crippen LogP contribution in [-0.4, -0.2) is 40.8 Å². The maximum atomic E-state index is 12.1. The summed E-state index contributed by atoms with van der Waals surface area (Å²) in [6, 6.07) is 0. The van der Waals surface area contributed by atoms with Crippen LogP contribution in [0.3, 0.4) is 0 Å². The molecule has 0 aliphatic rings. The van der Waals surface area contributed by atoms with Gasteiger partial charge < -0.3 is 10.2 Å². The molecular weight excluding hydrogens is 287 g/mol. The van der Waals surface area contributed by atoms with Crippen LogP contribution in [0.15, 0.2) is 0 Å². The summed E-state index contributed by atoms with van der Waals surface area (Å²) in [5, 5.41) is 2.75. The van der Waals surface area contributed by atoms with E-state index in [0.717, 1.165) is 0 Å². The Hall–Kier alpha value is -1.84. The average Bonchev–Trinajstić information content (AvgIpc) is 2.44. The molecule has 0 atom stereocenters. The number of hydrogen-bond acceptors (Lipinski definition) is 7. The van der Waals surface area contributed by atoms with E-state index in [1.165, 1.54) is 0 Å². The number of rotatable bonds is 8. The highest BCUT2D eigenvalue weighted by Gasteiger charge is 2.25. The molecule has 0 unspecified atom stereocenters. The SMILES string of the molecule is CCN(CC)c1nc(NN)nc(NCCCC(F)(F)F)n1. The molecule has 1 aromatic rings. The Morgan fingerprint density at radius 3 is 2.24 bits per heavy atom. The highest BCUT2D eigenvalue weighted by atomic mass is 19.4. The lowest BCUT2D eigenvalue weighted by Crippen LogP contribution is -2.26. The summed E-state index contributed by atoms with van der Waals surface area (Å²) in [7, 11) is 0. The van der Waals surface area contributed by atoms with Gasteiger partial charge in [0, 0.05) is 26.1 Å². The van der Waals surface area contributed by atoms with Crippen LogP contribution in [0.4, 0.5) is 31.0 Å². The van der Waals surface area contributed by atoms with E-state index in [2.05, 4.69) is 25.7 Å². The van der Waals surface area contributed by atoms with Gasteiger partial charge in [-0.1, -0.05) is 0 Å². The summed E-state index contributed by atoms with van der Waals surface area (Å²) in [5.74, 6) is 6.06. The highest BCUT2D eigenvalue weighted by molar-refractivity contribution is 5.43. The number of anilines is 3. The van der Waals surface area contributed by atoms with E-state index in [1.807, 2.05) is 18.7 Å². The molecule has 120 valence electrons. The molecule has 1 heterocycles. The number of hydrogen-bond donors (Lipinski definition) is 3. The number of nitrogens with zero attached hydrogens (tertiary/aromatic N) is 4. The Bertz CT molecular complexity index is 434. The molecule has 0 amide bonds. The van der Waals surface area contributed by atoms with Crippen molar-refractivity contribution >= 4 is 17.8 Å². The van der Waals surface area contributed by atoms with Gasteiger partial charge in [0.05, 0.1) is 0 Å². The van der Waals surface area contributed by atoms with Gasteiger partial charge in [0.2, 0.25) is 17.8 Å². The Morgan fingerprint density at radius 2 is 1.71 bits per heavy atom. The fourth-order valence-electron chi connectivity index (χ4n) is 1.65. The highest BCUT2D eigenvalue weighted by Crippen LogP contribution is 2.21. The molecule has 4 N–H and O–H groups in total. The van der Waals surface area contributed by atoms with Crippen molar-refractivity contribution in [1.29, 1.82) is 0 Å². The molecule has 1 aromatic heterocycles. The van der Waals surface area contributed by atoms with Gasteiger partial charge in [-0.3, -0.25) is 5.43 Å². The van der Waals surface area contributed by atoms with E-state index >= 15 is 0 Å². The first-order valence-corrected chi connectivity index (χ1v) is 6.67. The summed E-state index contributed by atoms with van der Waals surface area (Å²) < 4.78 is 36.2. The molecule has 0 saturated carbocycles. The minimum atomic E-state index is -4.16. The standard InChI is InChI=1S/C11H20F3N7/c1-3-21(4-2)10-18-8(17-9(19-10)20-15)16-7-5-6-11(12,13)14/h3-7,15H2,1-2H3,(H2,16,17,18,19,20). The zero-order valence-corrected chi connectivity index (χ0v) is 12.0. The van der Waals surface area contributed by atoms with Crippen LogP contribution in [0.2, 0.25) is 0 Å².